The summed E-state index contributed by atoms with van der Waals surface area (Å²) in [4.78, 5) is 11.0. The van der Waals surface area contributed by atoms with Crippen molar-refractivity contribution < 1.29 is 10.0 Å². The average Bonchev–Trinajstić information content (AvgIpc) is 2.17. The predicted octanol–water partition coefficient (Wildman–Crippen LogP) is 1.30. The minimum Gasteiger partial charge on any atom is -0.289 e. The van der Waals surface area contributed by atoms with Gasteiger partial charge in [-0.1, -0.05) is 30.3 Å². The van der Waals surface area contributed by atoms with Crippen molar-refractivity contribution in [3.63, 3.8) is 0 Å². The number of hydroxylamine groups is 1. The maximum Gasteiger partial charge on any atom is 0.250 e. The lowest BCUT2D eigenvalue weighted by atomic mass is 10.0. The van der Waals surface area contributed by atoms with Crippen LogP contribution in [-0.4, -0.2) is 11.1 Å². The first-order chi connectivity index (χ1) is 5.75. The summed E-state index contributed by atoms with van der Waals surface area (Å²) < 4.78 is 0. The van der Waals surface area contributed by atoms with Crippen LogP contribution in [0.1, 0.15) is 18.4 Å². The monoisotopic (exact) mass is 165 g/mol. The molecule has 0 bridgehead atoms. The van der Waals surface area contributed by atoms with Gasteiger partial charge in [0.2, 0.25) is 0 Å². The predicted molar refractivity (Wildman–Crippen MR) is 44.8 cm³/mol. The van der Waals surface area contributed by atoms with Crippen LogP contribution in [0.3, 0.4) is 0 Å². The van der Waals surface area contributed by atoms with E-state index in [0.717, 1.165) is 5.56 Å². The highest BCUT2D eigenvalue weighted by Crippen LogP contribution is 2.13. The molecule has 64 valence electrons. The number of amides is 1. The van der Waals surface area contributed by atoms with E-state index in [-0.39, 0.29) is 11.8 Å². The molecule has 0 radical (unpaired) electrons. The van der Waals surface area contributed by atoms with E-state index in [9.17, 15) is 4.79 Å². The number of hydrogen-bond donors (Lipinski definition) is 2. The van der Waals surface area contributed by atoms with Gasteiger partial charge in [-0.05, 0) is 12.5 Å². The van der Waals surface area contributed by atoms with Gasteiger partial charge in [-0.25, -0.2) is 5.48 Å². The van der Waals surface area contributed by atoms with Gasteiger partial charge in [0.15, 0.2) is 0 Å². The molecule has 0 heterocycles. The summed E-state index contributed by atoms with van der Waals surface area (Å²) in [6.07, 6.45) is 0. The summed E-state index contributed by atoms with van der Waals surface area (Å²) in [5.74, 6) is -0.697. The van der Waals surface area contributed by atoms with Crippen LogP contribution in [-0.2, 0) is 4.79 Å². The molecule has 0 fully saturated rings. The molecule has 3 heteroatoms. The average molecular weight is 165 g/mol. The van der Waals surface area contributed by atoms with Crippen LogP contribution in [0.4, 0.5) is 0 Å². The quantitative estimate of drug-likeness (QED) is 0.512. The number of rotatable bonds is 2. The molecule has 0 unspecified atom stereocenters. The fraction of sp³-hybridized carbons (Fsp3) is 0.222. The standard InChI is InChI=1S/C9H11NO2/c1-7(9(11)10-12)8-5-3-2-4-6-8/h2-7,12H,1H3,(H,10,11)/t7-/m1/s1. The largest absolute Gasteiger partial charge is 0.289 e. The van der Waals surface area contributed by atoms with Crippen LogP contribution in [0.15, 0.2) is 30.3 Å². The van der Waals surface area contributed by atoms with Crippen molar-refractivity contribution in [2.24, 2.45) is 0 Å². The molecule has 0 aliphatic carbocycles. The summed E-state index contributed by atoms with van der Waals surface area (Å²) in [6.45, 7) is 1.74. The van der Waals surface area contributed by atoms with E-state index in [1.807, 2.05) is 30.3 Å². The fourth-order valence-corrected chi connectivity index (χ4v) is 0.990. The Morgan fingerprint density at radius 2 is 2.00 bits per heavy atom. The Morgan fingerprint density at radius 1 is 1.42 bits per heavy atom. The highest BCUT2D eigenvalue weighted by Gasteiger charge is 2.12. The zero-order chi connectivity index (χ0) is 8.97. The number of carbonyl (C=O) groups excluding carboxylic acids is 1. The van der Waals surface area contributed by atoms with Crippen molar-refractivity contribution in [2.45, 2.75) is 12.8 Å². The Morgan fingerprint density at radius 3 is 2.50 bits per heavy atom. The summed E-state index contributed by atoms with van der Waals surface area (Å²) in [6, 6.07) is 9.29. The molecule has 3 nitrogen and oxygen atoms in total. The second-order valence-corrected chi connectivity index (χ2v) is 2.61. The molecule has 0 saturated carbocycles. The van der Waals surface area contributed by atoms with Gasteiger partial charge in [-0.2, -0.15) is 0 Å². The summed E-state index contributed by atoms with van der Waals surface area (Å²) in [7, 11) is 0. The van der Waals surface area contributed by atoms with Crippen molar-refractivity contribution in [3.8, 4) is 0 Å². The minimum absolute atomic E-state index is 0.309. The van der Waals surface area contributed by atoms with Crippen molar-refractivity contribution in [3.05, 3.63) is 35.9 Å². The first-order valence-corrected chi connectivity index (χ1v) is 3.74. The lowest BCUT2D eigenvalue weighted by molar-refractivity contribution is -0.130. The van der Waals surface area contributed by atoms with E-state index in [0.29, 0.717) is 0 Å². The lowest BCUT2D eigenvalue weighted by Crippen LogP contribution is -2.24. The molecule has 0 aliphatic heterocycles. The van der Waals surface area contributed by atoms with E-state index in [4.69, 9.17) is 5.21 Å². The second kappa shape index (κ2) is 3.88. The van der Waals surface area contributed by atoms with Gasteiger partial charge in [0, 0.05) is 0 Å². The van der Waals surface area contributed by atoms with Crippen LogP contribution in [0.25, 0.3) is 0 Å². The van der Waals surface area contributed by atoms with Crippen LogP contribution in [0.2, 0.25) is 0 Å². The number of nitrogens with one attached hydrogen (secondary N) is 1. The highest BCUT2D eigenvalue weighted by atomic mass is 16.5. The lowest BCUT2D eigenvalue weighted by Gasteiger charge is -2.08. The van der Waals surface area contributed by atoms with Crippen LogP contribution < -0.4 is 5.48 Å². The van der Waals surface area contributed by atoms with E-state index < -0.39 is 0 Å². The van der Waals surface area contributed by atoms with E-state index in [2.05, 4.69) is 0 Å². The van der Waals surface area contributed by atoms with Gasteiger partial charge in [0.25, 0.3) is 5.91 Å². The minimum atomic E-state index is -0.388. The van der Waals surface area contributed by atoms with E-state index in [1.54, 1.807) is 12.4 Å². The van der Waals surface area contributed by atoms with Gasteiger partial charge in [-0.15, -0.1) is 0 Å². The molecular weight excluding hydrogens is 154 g/mol. The molecule has 12 heavy (non-hydrogen) atoms. The van der Waals surface area contributed by atoms with E-state index >= 15 is 0 Å². The van der Waals surface area contributed by atoms with Crippen LogP contribution in [0.5, 0.6) is 0 Å². The van der Waals surface area contributed by atoms with Gasteiger partial charge in [-0.3, -0.25) is 10.0 Å². The molecular formula is C9H11NO2. The first-order valence-electron chi connectivity index (χ1n) is 3.74. The first kappa shape index (κ1) is 8.74. The molecule has 1 aromatic rings. The van der Waals surface area contributed by atoms with Crippen molar-refractivity contribution >= 4 is 5.91 Å². The second-order valence-electron chi connectivity index (χ2n) is 2.61. The summed E-state index contributed by atoms with van der Waals surface area (Å²) >= 11 is 0. The number of carbonyl (C=O) groups is 1. The van der Waals surface area contributed by atoms with Crippen LogP contribution in [0, 0.1) is 0 Å². The normalized spacial score (nSPS) is 12.2. The Balaban J connectivity index is 2.78. The highest BCUT2D eigenvalue weighted by molar-refractivity contribution is 5.82. The van der Waals surface area contributed by atoms with Crippen molar-refractivity contribution in [2.75, 3.05) is 0 Å². The molecule has 0 spiro atoms. The topological polar surface area (TPSA) is 49.3 Å². The Kier molecular flexibility index (Phi) is 2.82. The molecule has 0 aromatic heterocycles. The third-order valence-corrected chi connectivity index (χ3v) is 1.80. The maximum atomic E-state index is 11.0. The molecule has 0 saturated heterocycles. The number of hydrogen-bond acceptors (Lipinski definition) is 2. The molecule has 1 atom stereocenters. The van der Waals surface area contributed by atoms with Crippen molar-refractivity contribution in [1.29, 1.82) is 0 Å². The molecule has 1 aromatic carbocycles. The Bertz CT molecular complexity index is 258. The molecule has 1 amide bonds. The third-order valence-electron chi connectivity index (χ3n) is 1.80. The number of benzene rings is 1. The molecule has 0 aliphatic rings. The van der Waals surface area contributed by atoms with Gasteiger partial charge in [0.1, 0.15) is 0 Å². The molecule has 2 N–H and O–H groups in total. The SMILES string of the molecule is C[C@@H](C(=O)NO)c1ccccc1. The Labute approximate surface area is 71.0 Å². The molecule has 1 rings (SSSR count). The summed E-state index contributed by atoms with van der Waals surface area (Å²) in [5, 5.41) is 8.37. The smallest absolute Gasteiger partial charge is 0.250 e. The third kappa shape index (κ3) is 1.83. The van der Waals surface area contributed by atoms with Gasteiger partial charge < -0.3 is 0 Å². The maximum absolute atomic E-state index is 11.0. The Hall–Kier alpha value is -1.35. The zero-order valence-electron chi connectivity index (χ0n) is 6.82. The van der Waals surface area contributed by atoms with Crippen molar-refractivity contribution in [1.82, 2.24) is 5.48 Å². The van der Waals surface area contributed by atoms with Gasteiger partial charge in [0.05, 0.1) is 5.92 Å². The fourth-order valence-electron chi connectivity index (χ4n) is 0.990. The van der Waals surface area contributed by atoms with Crippen LogP contribution >= 0.6 is 0 Å². The zero-order valence-corrected chi connectivity index (χ0v) is 6.82. The van der Waals surface area contributed by atoms with E-state index in [1.165, 1.54) is 0 Å². The van der Waals surface area contributed by atoms with Gasteiger partial charge >= 0.3 is 0 Å². The summed E-state index contributed by atoms with van der Waals surface area (Å²) in [5.41, 5.74) is 2.52.